The number of carbonyl (C=O) groups excluding carboxylic acids is 1. The molecule has 2 N–H and O–H groups in total. The number of amides is 1. The highest BCUT2D eigenvalue weighted by Gasteiger charge is 2.23. The third-order valence-corrected chi connectivity index (χ3v) is 7.78. The molecular weight excluding hydrogens is 506 g/mol. The molecule has 40 heavy (non-hydrogen) atoms. The van der Waals surface area contributed by atoms with Crippen LogP contribution in [0.4, 0.5) is 0 Å². The maximum absolute atomic E-state index is 13.2. The Hall–Kier alpha value is -4.66. The van der Waals surface area contributed by atoms with Gasteiger partial charge in [0.1, 0.15) is 16.9 Å². The lowest BCUT2D eigenvalue weighted by Gasteiger charge is -2.17. The third-order valence-electron chi connectivity index (χ3n) is 7.78. The average Bonchev–Trinajstić information content (AvgIpc) is 3.48. The Labute approximate surface area is 231 Å². The first-order valence-corrected chi connectivity index (χ1v) is 13.5. The fourth-order valence-corrected chi connectivity index (χ4v) is 5.68. The van der Waals surface area contributed by atoms with Gasteiger partial charge < -0.3 is 24.3 Å². The molecule has 1 aliphatic heterocycles. The fraction of sp³-hybridized carbons (Fsp3) is 0.290. The number of aryl methyl sites for hydroxylation is 3. The van der Waals surface area contributed by atoms with Crippen LogP contribution >= 0.6 is 0 Å². The van der Waals surface area contributed by atoms with Crippen LogP contribution in [0.2, 0.25) is 0 Å². The van der Waals surface area contributed by atoms with E-state index >= 15 is 0 Å². The summed E-state index contributed by atoms with van der Waals surface area (Å²) in [5, 5.41) is 13.7. The van der Waals surface area contributed by atoms with Gasteiger partial charge in [0.15, 0.2) is 5.82 Å². The largest absolute Gasteiger partial charge is 0.494 e. The Morgan fingerprint density at radius 1 is 1.07 bits per heavy atom. The molecule has 9 nitrogen and oxygen atoms in total. The molecule has 0 spiro atoms. The second-order valence-electron chi connectivity index (χ2n) is 10.3. The Balaban J connectivity index is 1.48. The number of methoxy groups -OCH3 is 1. The van der Waals surface area contributed by atoms with Gasteiger partial charge in [-0.3, -0.25) is 4.79 Å². The molecule has 6 rings (SSSR count). The molecule has 0 saturated carbocycles. The van der Waals surface area contributed by atoms with Crippen molar-refractivity contribution in [2.75, 3.05) is 7.11 Å². The van der Waals surface area contributed by atoms with E-state index in [1.54, 1.807) is 6.07 Å². The highest BCUT2D eigenvalue weighted by molar-refractivity contribution is 5.97. The van der Waals surface area contributed by atoms with Gasteiger partial charge in [0, 0.05) is 24.5 Å². The molecule has 0 fully saturated rings. The lowest BCUT2D eigenvalue weighted by molar-refractivity contribution is 0.0696. The summed E-state index contributed by atoms with van der Waals surface area (Å²) in [6.07, 6.45) is 3.73. The summed E-state index contributed by atoms with van der Waals surface area (Å²) in [5.74, 6) is 0.0352. The summed E-state index contributed by atoms with van der Waals surface area (Å²) in [7, 11) is 3.44. The molecule has 1 aliphatic rings. The number of carboxylic acid groups (broad SMARTS) is 1. The van der Waals surface area contributed by atoms with Crippen molar-refractivity contribution in [3.8, 4) is 17.3 Å². The number of aromatic carboxylic acids is 1. The Bertz CT molecular complexity index is 1780. The number of hydrogen-bond donors (Lipinski definition) is 2. The minimum atomic E-state index is -1.03. The van der Waals surface area contributed by atoms with Crippen molar-refractivity contribution in [3.63, 3.8) is 0 Å². The quantitative estimate of drug-likeness (QED) is 0.314. The number of rotatable bonds is 3. The Kier molecular flexibility index (Phi) is 6.50. The molecule has 0 aliphatic carbocycles. The maximum Gasteiger partial charge on any atom is 0.335 e. The van der Waals surface area contributed by atoms with Gasteiger partial charge in [0.25, 0.3) is 5.91 Å². The minimum absolute atomic E-state index is 0.0903. The molecule has 4 heterocycles. The highest BCUT2D eigenvalue weighted by atomic mass is 16.5. The maximum atomic E-state index is 13.2. The average molecular weight is 538 g/mol. The first-order valence-electron chi connectivity index (χ1n) is 13.5. The van der Waals surface area contributed by atoms with Gasteiger partial charge in [-0.2, -0.15) is 0 Å². The number of aromatic nitrogens is 4. The summed E-state index contributed by atoms with van der Waals surface area (Å²) in [6.45, 7) is 2.70. The molecule has 9 heteroatoms. The van der Waals surface area contributed by atoms with E-state index in [9.17, 15) is 14.7 Å². The van der Waals surface area contributed by atoms with Crippen molar-refractivity contribution < 1.29 is 19.4 Å². The summed E-state index contributed by atoms with van der Waals surface area (Å²) >= 11 is 0. The third kappa shape index (κ3) is 4.37. The summed E-state index contributed by atoms with van der Waals surface area (Å²) in [4.78, 5) is 34.8. The van der Waals surface area contributed by atoms with E-state index in [4.69, 9.17) is 14.7 Å². The minimum Gasteiger partial charge on any atom is -0.494 e. The SMILES string of the molecule is COc1cc(C(=O)O)cc2nc(-c3cc4ccc5nc4n3CCCCCc3ccccc3C(=O)N[C@@H]5C)n(C)c12. The van der Waals surface area contributed by atoms with Crippen molar-refractivity contribution in [1.29, 1.82) is 0 Å². The Morgan fingerprint density at radius 2 is 1.90 bits per heavy atom. The number of fused-ring (bicyclic) bond motifs is 3. The van der Waals surface area contributed by atoms with Gasteiger partial charge in [-0.1, -0.05) is 24.6 Å². The number of pyridine rings is 1. The van der Waals surface area contributed by atoms with Gasteiger partial charge in [-0.25, -0.2) is 14.8 Å². The Morgan fingerprint density at radius 3 is 2.70 bits per heavy atom. The number of nitrogens with zero attached hydrogens (tertiary/aromatic N) is 4. The van der Waals surface area contributed by atoms with Gasteiger partial charge in [-0.15, -0.1) is 0 Å². The van der Waals surface area contributed by atoms with Crippen LogP contribution in [0.1, 0.15) is 64.2 Å². The van der Waals surface area contributed by atoms with Crippen LogP contribution in [0.3, 0.4) is 0 Å². The van der Waals surface area contributed by atoms with Crippen LogP contribution in [0.15, 0.2) is 54.6 Å². The van der Waals surface area contributed by atoms with E-state index in [-0.39, 0.29) is 17.5 Å². The highest BCUT2D eigenvalue weighted by Crippen LogP contribution is 2.34. The molecule has 0 unspecified atom stereocenters. The number of hydrogen-bond acceptors (Lipinski definition) is 5. The van der Waals surface area contributed by atoms with Crippen molar-refractivity contribution in [2.45, 2.75) is 45.2 Å². The number of ether oxygens (including phenoxy) is 1. The van der Waals surface area contributed by atoms with Crippen LogP contribution in [-0.2, 0) is 20.0 Å². The van der Waals surface area contributed by atoms with E-state index in [1.807, 2.05) is 54.9 Å². The molecule has 3 aromatic heterocycles. The van der Waals surface area contributed by atoms with Crippen LogP contribution in [0, 0.1) is 0 Å². The van der Waals surface area contributed by atoms with E-state index < -0.39 is 5.97 Å². The summed E-state index contributed by atoms with van der Waals surface area (Å²) in [6, 6.07) is 16.7. The second kappa shape index (κ2) is 10.1. The lowest BCUT2D eigenvalue weighted by atomic mass is 10.00. The van der Waals surface area contributed by atoms with Crippen molar-refractivity contribution in [1.82, 2.24) is 24.4 Å². The zero-order chi connectivity index (χ0) is 28.0. The molecule has 204 valence electrons. The lowest BCUT2D eigenvalue weighted by Crippen LogP contribution is -2.28. The van der Waals surface area contributed by atoms with E-state index in [0.29, 0.717) is 17.1 Å². The van der Waals surface area contributed by atoms with E-state index in [0.717, 1.165) is 71.3 Å². The smallest absolute Gasteiger partial charge is 0.335 e. The van der Waals surface area contributed by atoms with E-state index in [2.05, 4.69) is 16.0 Å². The van der Waals surface area contributed by atoms with Crippen molar-refractivity contribution >= 4 is 33.9 Å². The normalized spacial score (nSPS) is 16.1. The van der Waals surface area contributed by atoms with Crippen LogP contribution < -0.4 is 10.1 Å². The zero-order valence-electron chi connectivity index (χ0n) is 22.8. The first-order chi connectivity index (χ1) is 19.4. The predicted molar refractivity (Wildman–Crippen MR) is 153 cm³/mol. The molecule has 1 amide bonds. The molecule has 2 bridgehead atoms. The van der Waals surface area contributed by atoms with E-state index in [1.165, 1.54) is 13.2 Å². The molecule has 1 atom stereocenters. The molecule has 0 radical (unpaired) electrons. The van der Waals surface area contributed by atoms with Crippen molar-refractivity contribution in [3.05, 3.63) is 77.0 Å². The van der Waals surface area contributed by atoms with Crippen LogP contribution in [0.25, 0.3) is 33.6 Å². The number of imidazole rings is 1. The summed E-state index contributed by atoms with van der Waals surface area (Å²) in [5.41, 5.74) is 5.69. The van der Waals surface area contributed by atoms with Crippen LogP contribution in [0.5, 0.6) is 5.75 Å². The fourth-order valence-electron chi connectivity index (χ4n) is 5.68. The molecule has 5 aromatic rings. The number of nitrogens with one attached hydrogen (secondary N) is 1. The predicted octanol–water partition coefficient (Wildman–Crippen LogP) is 5.51. The van der Waals surface area contributed by atoms with Gasteiger partial charge in [-0.05, 0) is 68.1 Å². The number of carbonyl (C=O) groups is 2. The van der Waals surface area contributed by atoms with Gasteiger partial charge in [0.2, 0.25) is 0 Å². The molecular formula is C31H31N5O4. The molecule has 0 saturated heterocycles. The zero-order valence-corrected chi connectivity index (χ0v) is 22.8. The first kappa shape index (κ1) is 25.6. The number of carboxylic acids is 1. The van der Waals surface area contributed by atoms with Crippen LogP contribution in [-0.4, -0.2) is 43.2 Å². The monoisotopic (exact) mass is 537 g/mol. The molecule has 2 aromatic carbocycles. The topological polar surface area (TPSA) is 111 Å². The number of benzene rings is 2. The second-order valence-corrected chi connectivity index (χ2v) is 10.3. The van der Waals surface area contributed by atoms with Gasteiger partial charge >= 0.3 is 5.97 Å². The standard InChI is InChI=1S/C31H31N5O4/c1-18-23-13-12-20-16-25(29-34-24-15-21(31(38)39)17-26(40-3)27(24)35(29)2)36(28(20)33-23)14-8-4-5-9-19-10-6-7-11-22(19)30(37)32-18/h6-7,10-13,15-18H,4-5,8-9,14H2,1-3H3,(H,32,37)(H,38,39)/t18-/m1/s1. The van der Waals surface area contributed by atoms with Crippen molar-refractivity contribution in [2.24, 2.45) is 7.05 Å². The van der Waals surface area contributed by atoms with Gasteiger partial charge in [0.05, 0.1) is 35.6 Å². The summed E-state index contributed by atoms with van der Waals surface area (Å²) < 4.78 is 9.70.